The lowest BCUT2D eigenvalue weighted by molar-refractivity contribution is -0.175. The number of hydrogen-bond acceptors (Lipinski definition) is 4. The van der Waals surface area contributed by atoms with Crippen LogP contribution in [0.25, 0.3) is 0 Å². The van der Waals surface area contributed by atoms with Gasteiger partial charge in [0.25, 0.3) is 0 Å². The smallest absolute Gasteiger partial charge is 0.186 e. The van der Waals surface area contributed by atoms with Gasteiger partial charge in [-0.1, -0.05) is 37.6 Å². The van der Waals surface area contributed by atoms with Gasteiger partial charge < -0.3 is 10.2 Å². The number of fused-ring (bicyclic) bond motifs is 2. The van der Waals surface area contributed by atoms with Crippen LogP contribution in [0.2, 0.25) is 0 Å². The fourth-order valence-corrected chi connectivity index (χ4v) is 4.13. The highest BCUT2D eigenvalue weighted by Crippen LogP contribution is 2.49. The molecule has 1 saturated carbocycles. The van der Waals surface area contributed by atoms with Gasteiger partial charge in [-0.25, -0.2) is 0 Å². The predicted octanol–water partition coefficient (Wildman–Crippen LogP) is 2.73. The Bertz CT molecular complexity index is 558. The monoisotopic (exact) mass is 320 g/mol. The van der Waals surface area contributed by atoms with Crippen LogP contribution in [-0.4, -0.2) is 33.5 Å². The Balaban J connectivity index is 2.46. The van der Waals surface area contributed by atoms with Crippen LogP contribution in [0.15, 0.2) is 23.8 Å². The highest BCUT2D eigenvalue weighted by Gasteiger charge is 2.59. The first-order chi connectivity index (χ1) is 10.6. The number of allylic oxidation sites excluding steroid dienone is 1. The molecule has 4 nitrogen and oxygen atoms in total. The molecule has 2 rings (SSSR count). The van der Waals surface area contributed by atoms with E-state index >= 15 is 0 Å². The first-order valence-electron chi connectivity index (χ1n) is 8.40. The lowest BCUT2D eigenvalue weighted by Gasteiger charge is -2.49. The molecule has 0 aromatic rings. The lowest BCUT2D eigenvalue weighted by atomic mass is 9.56. The molecule has 2 bridgehead atoms. The zero-order valence-electron chi connectivity index (χ0n) is 14.4. The summed E-state index contributed by atoms with van der Waals surface area (Å²) in [5.74, 6) is -0.739. The van der Waals surface area contributed by atoms with E-state index in [-0.39, 0.29) is 24.5 Å². The lowest BCUT2D eigenvalue weighted by Crippen LogP contribution is -2.62. The van der Waals surface area contributed by atoms with Crippen LogP contribution in [-0.2, 0) is 9.59 Å². The molecule has 0 aliphatic heterocycles. The molecule has 0 saturated heterocycles. The average molecular weight is 320 g/mol. The van der Waals surface area contributed by atoms with Crippen molar-refractivity contribution in [1.82, 2.24) is 0 Å². The van der Waals surface area contributed by atoms with E-state index in [0.29, 0.717) is 18.4 Å². The largest absolute Gasteiger partial charge is 0.389 e. The molecule has 0 aromatic carbocycles. The van der Waals surface area contributed by atoms with Crippen molar-refractivity contribution >= 4 is 11.6 Å². The van der Waals surface area contributed by atoms with E-state index in [1.165, 1.54) is 0 Å². The number of aliphatic hydroxyl groups is 2. The van der Waals surface area contributed by atoms with E-state index in [2.05, 4.69) is 6.58 Å². The SMILES string of the molecule is C=C1CCC2CCC(=O)C(O)(C(=O)CC(C)=CC(O)C1)C2(C)C. The molecule has 2 aliphatic rings. The first kappa shape index (κ1) is 18.1. The molecular weight excluding hydrogens is 292 g/mol. The fraction of sp³-hybridized carbons (Fsp3) is 0.684. The van der Waals surface area contributed by atoms with E-state index < -0.39 is 22.9 Å². The van der Waals surface area contributed by atoms with Gasteiger partial charge in [-0.3, -0.25) is 9.59 Å². The third-order valence-corrected chi connectivity index (χ3v) is 5.74. The Hall–Kier alpha value is -1.26. The van der Waals surface area contributed by atoms with Gasteiger partial charge in [0.15, 0.2) is 17.2 Å². The van der Waals surface area contributed by atoms with E-state index in [4.69, 9.17) is 0 Å². The van der Waals surface area contributed by atoms with Crippen molar-refractivity contribution in [3.8, 4) is 0 Å². The Morgan fingerprint density at radius 3 is 2.43 bits per heavy atom. The minimum absolute atomic E-state index is 0.0120. The number of carbonyl (C=O) groups excluding carboxylic acids is 2. The van der Waals surface area contributed by atoms with Crippen molar-refractivity contribution in [3.63, 3.8) is 0 Å². The second kappa shape index (κ2) is 6.33. The molecule has 2 aliphatic carbocycles. The molecule has 3 unspecified atom stereocenters. The number of rotatable bonds is 0. The van der Waals surface area contributed by atoms with Crippen LogP contribution in [0.1, 0.15) is 59.3 Å². The van der Waals surface area contributed by atoms with Crippen molar-refractivity contribution in [2.24, 2.45) is 11.3 Å². The van der Waals surface area contributed by atoms with Gasteiger partial charge >= 0.3 is 0 Å². The first-order valence-corrected chi connectivity index (χ1v) is 8.40. The van der Waals surface area contributed by atoms with Gasteiger partial charge in [0.1, 0.15) is 0 Å². The molecule has 4 heteroatoms. The highest BCUT2D eigenvalue weighted by atomic mass is 16.3. The Labute approximate surface area is 138 Å². The minimum atomic E-state index is -1.93. The Morgan fingerprint density at radius 1 is 1.17 bits per heavy atom. The van der Waals surface area contributed by atoms with Crippen molar-refractivity contribution in [1.29, 1.82) is 0 Å². The highest BCUT2D eigenvalue weighted by molar-refractivity contribution is 6.12. The summed E-state index contributed by atoms with van der Waals surface area (Å²) in [5.41, 5.74) is -1.09. The molecule has 1 fully saturated rings. The molecule has 128 valence electrons. The number of aliphatic hydroxyl groups excluding tert-OH is 1. The maximum atomic E-state index is 12.8. The summed E-state index contributed by atoms with van der Waals surface area (Å²) in [6.45, 7) is 9.44. The summed E-state index contributed by atoms with van der Waals surface area (Å²) in [6, 6.07) is 0. The van der Waals surface area contributed by atoms with Crippen LogP contribution in [0.4, 0.5) is 0 Å². The molecule has 3 atom stereocenters. The Kier molecular flexibility index (Phi) is 4.97. The number of Topliss-reactive ketones (excluding diaryl/α,β-unsaturated/α-hetero) is 2. The van der Waals surface area contributed by atoms with Gasteiger partial charge in [0.05, 0.1) is 6.10 Å². The summed E-state index contributed by atoms with van der Waals surface area (Å²) in [7, 11) is 0. The van der Waals surface area contributed by atoms with Gasteiger partial charge in [-0.2, -0.15) is 0 Å². The minimum Gasteiger partial charge on any atom is -0.389 e. The van der Waals surface area contributed by atoms with Crippen molar-refractivity contribution in [2.75, 3.05) is 0 Å². The van der Waals surface area contributed by atoms with Gasteiger partial charge in [0.2, 0.25) is 0 Å². The van der Waals surface area contributed by atoms with E-state index in [1.807, 2.05) is 13.8 Å². The second-order valence-corrected chi connectivity index (χ2v) is 7.76. The second-order valence-electron chi connectivity index (χ2n) is 7.76. The van der Waals surface area contributed by atoms with Gasteiger partial charge in [-0.05, 0) is 38.5 Å². The molecule has 0 aromatic heterocycles. The average Bonchev–Trinajstić information content (AvgIpc) is 2.42. The standard InChI is InChI=1S/C19H28O4/c1-12-5-6-14-7-8-16(21)19(23,18(14,3)4)17(22)11-13(2)10-15(20)9-12/h10,14-15,20,23H,1,5-9,11H2,2-4H3. The zero-order valence-corrected chi connectivity index (χ0v) is 14.4. The molecule has 2 N–H and O–H groups in total. The maximum absolute atomic E-state index is 12.8. The summed E-state index contributed by atoms with van der Waals surface area (Å²) in [6.07, 6.45) is 3.87. The molecule has 23 heavy (non-hydrogen) atoms. The maximum Gasteiger partial charge on any atom is 0.186 e. The van der Waals surface area contributed by atoms with E-state index in [9.17, 15) is 19.8 Å². The van der Waals surface area contributed by atoms with Crippen LogP contribution in [0, 0.1) is 11.3 Å². The quantitative estimate of drug-likeness (QED) is 0.531. The zero-order chi connectivity index (χ0) is 17.4. The molecule has 0 spiro atoms. The van der Waals surface area contributed by atoms with E-state index in [1.54, 1.807) is 13.0 Å². The third-order valence-electron chi connectivity index (χ3n) is 5.74. The molecule has 0 amide bonds. The van der Waals surface area contributed by atoms with Crippen LogP contribution in [0.3, 0.4) is 0 Å². The normalized spacial score (nSPS) is 36.0. The predicted molar refractivity (Wildman–Crippen MR) is 88.8 cm³/mol. The van der Waals surface area contributed by atoms with Crippen molar-refractivity contribution in [3.05, 3.63) is 23.8 Å². The molecule has 0 radical (unpaired) electrons. The van der Waals surface area contributed by atoms with Crippen LogP contribution in [0.5, 0.6) is 0 Å². The van der Waals surface area contributed by atoms with Gasteiger partial charge in [0, 0.05) is 18.3 Å². The molecule has 0 heterocycles. The third kappa shape index (κ3) is 3.20. The number of ketones is 2. The molecular formula is C19H28O4. The summed E-state index contributed by atoms with van der Waals surface area (Å²) in [4.78, 5) is 25.2. The van der Waals surface area contributed by atoms with Gasteiger partial charge in [-0.15, -0.1) is 0 Å². The summed E-state index contributed by atoms with van der Waals surface area (Å²) >= 11 is 0. The topological polar surface area (TPSA) is 74.6 Å². The van der Waals surface area contributed by atoms with Crippen molar-refractivity contribution < 1.29 is 19.8 Å². The van der Waals surface area contributed by atoms with Crippen LogP contribution < -0.4 is 0 Å². The summed E-state index contributed by atoms with van der Waals surface area (Å²) < 4.78 is 0. The number of hydrogen-bond donors (Lipinski definition) is 2. The van der Waals surface area contributed by atoms with Crippen LogP contribution >= 0.6 is 0 Å². The van der Waals surface area contributed by atoms with Crippen molar-refractivity contribution in [2.45, 2.75) is 71.0 Å². The van der Waals surface area contributed by atoms with E-state index in [0.717, 1.165) is 18.4 Å². The Morgan fingerprint density at radius 2 is 1.78 bits per heavy atom. The number of carbonyl (C=O) groups is 2. The summed E-state index contributed by atoms with van der Waals surface area (Å²) in [5, 5.41) is 21.2. The fourth-order valence-electron chi connectivity index (χ4n) is 4.13.